The van der Waals surface area contributed by atoms with Gasteiger partial charge in [0.25, 0.3) is 0 Å². The maximum atomic E-state index is 2.61. The molecule has 3 aliphatic rings. The van der Waals surface area contributed by atoms with E-state index in [-0.39, 0.29) is 0 Å². The van der Waals surface area contributed by atoms with E-state index in [0.717, 1.165) is 0 Å². The van der Waals surface area contributed by atoms with Crippen molar-refractivity contribution in [2.75, 3.05) is 14.7 Å². The number of hydrogen-bond donors (Lipinski definition) is 0. The van der Waals surface area contributed by atoms with Crippen LogP contribution in [-0.4, -0.2) is 8.07 Å². The van der Waals surface area contributed by atoms with Crippen molar-refractivity contribution in [3.05, 3.63) is 173 Å². The maximum Gasteiger partial charge on any atom is 0.194 e. The maximum absolute atomic E-state index is 3.00. The molecule has 0 saturated heterocycles. The van der Waals surface area contributed by atoms with E-state index in [4.69, 9.17) is 0 Å². The van der Waals surface area contributed by atoms with Crippen LogP contribution in [0.1, 0.15) is 33.4 Å². The minimum absolute atomic E-state index is 1.18. The molecular formula is C48H41N3Si. The van der Waals surface area contributed by atoms with E-state index >= 15 is 0 Å². The molecule has 0 fully saturated rings. The zero-order valence-electron chi connectivity index (χ0n) is 30.6. The van der Waals surface area contributed by atoms with E-state index < -0.39 is 8.07 Å². The molecule has 0 atom stereocenters. The lowest BCUT2D eigenvalue weighted by atomic mass is 10.0. The van der Waals surface area contributed by atoms with E-state index in [1.165, 1.54) is 105 Å². The lowest BCUT2D eigenvalue weighted by Gasteiger charge is -2.56. The first kappa shape index (κ1) is 30.9. The smallest absolute Gasteiger partial charge is 0.194 e. The molecule has 0 spiro atoms. The third-order valence-corrected chi connectivity index (χ3v) is 16.5. The second-order valence-electron chi connectivity index (χ2n) is 15.1. The predicted octanol–water partition coefficient (Wildman–Crippen LogP) is 10.3. The van der Waals surface area contributed by atoms with E-state index in [0.29, 0.717) is 0 Å². The summed E-state index contributed by atoms with van der Waals surface area (Å²) in [5, 5.41) is 5.84. The highest BCUT2D eigenvalue weighted by atomic mass is 28.3. The topological polar surface area (TPSA) is 9.72 Å². The number of hydrogen-bond acceptors (Lipinski definition) is 3. The normalized spacial score (nSPS) is 14.4. The number of rotatable bonds is 4. The Labute approximate surface area is 308 Å². The highest BCUT2D eigenvalue weighted by molar-refractivity contribution is 7.24. The Balaban J connectivity index is 1.47. The van der Waals surface area contributed by atoms with Crippen LogP contribution in [0.2, 0.25) is 0 Å². The second kappa shape index (κ2) is 11.1. The first-order chi connectivity index (χ1) is 25.3. The average molecular weight is 688 g/mol. The molecule has 52 heavy (non-hydrogen) atoms. The fourth-order valence-electron chi connectivity index (χ4n) is 9.31. The molecule has 0 bridgehead atoms. The van der Waals surface area contributed by atoms with Crippen molar-refractivity contribution in [1.29, 1.82) is 0 Å². The monoisotopic (exact) mass is 687 g/mol. The third kappa shape index (κ3) is 4.07. The Morgan fingerprint density at radius 1 is 0.346 bits per heavy atom. The van der Waals surface area contributed by atoms with Gasteiger partial charge in [0.1, 0.15) is 0 Å². The summed E-state index contributed by atoms with van der Waals surface area (Å²) in [5.74, 6) is 0. The van der Waals surface area contributed by atoms with Gasteiger partial charge in [0.15, 0.2) is 8.07 Å². The minimum atomic E-state index is -3.00. The van der Waals surface area contributed by atoms with Crippen molar-refractivity contribution in [3.8, 4) is 0 Å². The zero-order chi connectivity index (χ0) is 35.5. The van der Waals surface area contributed by atoms with Crippen LogP contribution in [0.4, 0.5) is 51.2 Å². The number of aryl methyl sites for hydroxylation is 6. The highest BCUT2D eigenvalue weighted by Crippen LogP contribution is 2.54. The van der Waals surface area contributed by atoms with Gasteiger partial charge in [-0.25, -0.2) is 0 Å². The average Bonchev–Trinajstić information content (AvgIpc) is 3.15. The van der Waals surface area contributed by atoms with E-state index in [1.807, 2.05) is 0 Å². The molecular weight excluding hydrogens is 647 g/mol. The summed E-state index contributed by atoms with van der Waals surface area (Å²) >= 11 is 0. The van der Waals surface area contributed by atoms with Crippen molar-refractivity contribution in [3.63, 3.8) is 0 Å². The molecule has 3 nitrogen and oxygen atoms in total. The molecule has 0 aromatic heterocycles. The number of nitrogens with zero attached hydrogens (tertiary/aromatic N) is 3. The van der Waals surface area contributed by atoms with Crippen LogP contribution in [0.25, 0.3) is 0 Å². The summed E-state index contributed by atoms with van der Waals surface area (Å²) in [7, 11) is -3.00. The molecule has 0 saturated carbocycles. The fourth-order valence-corrected chi connectivity index (χ4v) is 15.2. The van der Waals surface area contributed by atoms with Crippen LogP contribution in [0, 0.1) is 41.5 Å². The minimum Gasteiger partial charge on any atom is -0.310 e. The lowest BCUT2D eigenvalue weighted by Crippen LogP contribution is -2.81. The van der Waals surface area contributed by atoms with Gasteiger partial charge in [0, 0.05) is 55.4 Å². The Bertz CT molecular complexity index is 2440. The SMILES string of the molecule is Cc1ccc(N2c3cc(C)cc4c3[Si]3(c5ccccc5)c5c2ccc(C)c5N(c2ccc(C)cc2)c2c(C)ccc(c23)N4c2ccc(C)cc2)cc1. The lowest BCUT2D eigenvalue weighted by molar-refractivity contribution is 1.18. The standard InChI is InChI=1S/C48H41N3Si/c1-30-12-20-36(21-13-30)49-40-26-18-34(5)44-47(40)52(39-10-8-7-9-11-39)46-42(49)28-33(4)29-43(46)50(37-22-14-31(2)15-23-37)41-27-19-35(6)45(48(41)52)51(44)38-24-16-32(3)17-25-38/h7-29H,1-6H3. The summed E-state index contributed by atoms with van der Waals surface area (Å²) in [5.41, 5.74) is 19.0. The van der Waals surface area contributed by atoms with Gasteiger partial charge in [-0.3, -0.25) is 0 Å². The molecule has 252 valence electrons. The van der Waals surface area contributed by atoms with Crippen molar-refractivity contribution in [2.45, 2.75) is 41.5 Å². The summed E-state index contributed by atoms with van der Waals surface area (Å²) in [6.07, 6.45) is 0. The molecule has 0 radical (unpaired) electrons. The van der Waals surface area contributed by atoms with Gasteiger partial charge in [-0.05, 0) is 124 Å². The Morgan fingerprint density at radius 3 is 1.17 bits per heavy atom. The molecule has 7 aromatic rings. The molecule has 0 unspecified atom stereocenters. The van der Waals surface area contributed by atoms with Crippen molar-refractivity contribution in [2.24, 2.45) is 0 Å². The molecule has 10 rings (SSSR count). The highest BCUT2D eigenvalue weighted by Gasteiger charge is 2.60. The Kier molecular flexibility index (Phi) is 6.59. The van der Waals surface area contributed by atoms with Gasteiger partial charge in [0.05, 0.1) is 11.4 Å². The molecule has 4 heteroatoms. The molecule has 3 heterocycles. The first-order valence-corrected chi connectivity index (χ1v) is 20.4. The van der Waals surface area contributed by atoms with Gasteiger partial charge < -0.3 is 14.7 Å². The first-order valence-electron chi connectivity index (χ1n) is 18.4. The fraction of sp³-hybridized carbons (Fsp3) is 0.125. The quantitative estimate of drug-likeness (QED) is 0.171. The largest absolute Gasteiger partial charge is 0.310 e. The second-order valence-corrected chi connectivity index (χ2v) is 18.6. The number of anilines is 9. The van der Waals surface area contributed by atoms with Crippen LogP contribution in [0.15, 0.2) is 140 Å². The van der Waals surface area contributed by atoms with Crippen molar-refractivity contribution < 1.29 is 0 Å². The van der Waals surface area contributed by atoms with Crippen LogP contribution in [-0.2, 0) is 0 Å². The summed E-state index contributed by atoms with van der Waals surface area (Å²) in [4.78, 5) is 7.76. The van der Waals surface area contributed by atoms with Crippen LogP contribution in [0.5, 0.6) is 0 Å². The van der Waals surface area contributed by atoms with E-state index in [9.17, 15) is 0 Å². The predicted molar refractivity (Wildman–Crippen MR) is 223 cm³/mol. The van der Waals surface area contributed by atoms with Gasteiger partial charge in [-0.15, -0.1) is 0 Å². The van der Waals surface area contributed by atoms with E-state index in [1.54, 1.807) is 0 Å². The summed E-state index contributed by atoms with van der Waals surface area (Å²) < 4.78 is 0. The zero-order valence-corrected chi connectivity index (χ0v) is 31.6. The van der Waals surface area contributed by atoms with Gasteiger partial charge in [-0.2, -0.15) is 0 Å². The number of benzene rings is 7. The third-order valence-electron chi connectivity index (χ3n) is 11.6. The molecule has 0 amide bonds. The van der Waals surface area contributed by atoms with Crippen LogP contribution >= 0.6 is 0 Å². The van der Waals surface area contributed by atoms with E-state index in [2.05, 4.69) is 196 Å². The van der Waals surface area contributed by atoms with Gasteiger partial charge >= 0.3 is 0 Å². The van der Waals surface area contributed by atoms with Crippen molar-refractivity contribution in [1.82, 2.24) is 0 Å². The van der Waals surface area contributed by atoms with Gasteiger partial charge in [0.2, 0.25) is 0 Å². The molecule has 7 aromatic carbocycles. The Hall–Kier alpha value is -5.84. The summed E-state index contributed by atoms with van der Waals surface area (Å²) in [6, 6.07) is 53.4. The van der Waals surface area contributed by atoms with Crippen molar-refractivity contribution >= 4 is 80.0 Å². The molecule has 0 N–H and O–H groups in total. The van der Waals surface area contributed by atoms with Gasteiger partial charge in [-0.1, -0.05) is 95.6 Å². The Morgan fingerprint density at radius 2 is 0.750 bits per heavy atom. The van der Waals surface area contributed by atoms with Crippen LogP contribution in [0.3, 0.4) is 0 Å². The molecule has 3 aliphatic heterocycles. The summed E-state index contributed by atoms with van der Waals surface area (Å²) in [6.45, 7) is 13.4. The molecule has 0 aliphatic carbocycles. The van der Waals surface area contributed by atoms with Crippen LogP contribution < -0.4 is 35.4 Å².